The number of fused-ring (bicyclic) bond motifs is 1. The largest absolute Gasteiger partial charge is 0.460 e. The van der Waals surface area contributed by atoms with Gasteiger partial charge in [-0.1, -0.05) is 19.9 Å². The number of ether oxygens (including phenoxy) is 1. The Labute approximate surface area is 205 Å². The molecular weight excluding hydrogens is 446 g/mol. The summed E-state index contributed by atoms with van der Waals surface area (Å²) in [5, 5.41) is 9.45. The zero-order chi connectivity index (χ0) is 26.1. The molecule has 0 saturated heterocycles. The molecule has 9 nitrogen and oxygen atoms in total. The lowest BCUT2D eigenvalue weighted by Crippen LogP contribution is -2.45. The van der Waals surface area contributed by atoms with Crippen molar-refractivity contribution in [2.24, 2.45) is 5.73 Å². The molecule has 0 fully saturated rings. The summed E-state index contributed by atoms with van der Waals surface area (Å²) >= 11 is 0. The number of hydrogen-bond acceptors (Lipinski definition) is 7. The number of nitriles is 1. The molecule has 0 aliphatic carbocycles. The number of nitrogen functional groups attached to an aromatic ring is 1. The zero-order valence-corrected chi connectivity index (χ0v) is 20.7. The predicted molar refractivity (Wildman–Crippen MR) is 131 cm³/mol. The molecule has 9 heteroatoms. The van der Waals surface area contributed by atoms with E-state index in [4.69, 9.17) is 16.2 Å². The molecule has 184 valence electrons. The number of aromatic nitrogens is 1. The van der Waals surface area contributed by atoms with Crippen LogP contribution < -0.4 is 11.5 Å². The molecule has 3 rings (SSSR count). The quantitative estimate of drug-likeness (QED) is 0.580. The van der Waals surface area contributed by atoms with E-state index < -0.39 is 23.5 Å². The molecule has 0 bridgehead atoms. The second-order valence-electron chi connectivity index (χ2n) is 9.97. The van der Waals surface area contributed by atoms with E-state index in [-0.39, 0.29) is 37.0 Å². The third-order valence-electron chi connectivity index (χ3n) is 5.79. The summed E-state index contributed by atoms with van der Waals surface area (Å²) in [4.78, 5) is 43.2. The summed E-state index contributed by atoms with van der Waals surface area (Å²) in [6.07, 6.45) is 0.0327. The highest BCUT2D eigenvalue weighted by Crippen LogP contribution is 2.33. The Bertz CT molecular complexity index is 1220. The molecule has 2 amide bonds. The minimum atomic E-state index is -0.943. The van der Waals surface area contributed by atoms with E-state index in [0.29, 0.717) is 22.4 Å². The number of esters is 1. The highest BCUT2D eigenvalue weighted by atomic mass is 16.6. The molecule has 0 spiro atoms. The van der Waals surface area contributed by atoms with Crippen LogP contribution in [0, 0.1) is 11.3 Å². The maximum Gasteiger partial charge on any atom is 0.306 e. The highest BCUT2D eigenvalue weighted by molar-refractivity contribution is 6.01. The minimum absolute atomic E-state index is 0.0390. The number of nitrogens with two attached hydrogens (primary N) is 2. The number of pyridine rings is 1. The van der Waals surface area contributed by atoms with Crippen LogP contribution in [0.3, 0.4) is 0 Å². The number of hydrogen-bond donors (Lipinski definition) is 2. The summed E-state index contributed by atoms with van der Waals surface area (Å²) in [5.41, 5.74) is 14.7. The van der Waals surface area contributed by atoms with Gasteiger partial charge in [-0.05, 0) is 62.4 Å². The number of primary amides is 1. The van der Waals surface area contributed by atoms with Gasteiger partial charge in [0.1, 0.15) is 23.5 Å². The van der Waals surface area contributed by atoms with Gasteiger partial charge in [-0.2, -0.15) is 5.26 Å². The number of rotatable bonds is 7. The van der Waals surface area contributed by atoms with Crippen molar-refractivity contribution in [2.75, 3.05) is 5.73 Å². The minimum Gasteiger partial charge on any atom is -0.460 e. The van der Waals surface area contributed by atoms with Crippen LogP contribution in [-0.4, -0.2) is 39.3 Å². The number of anilines is 1. The number of nitrogens with zero attached hydrogens (tertiary/aromatic N) is 3. The van der Waals surface area contributed by atoms with Gasteiger partial charge in [0, 0.05) is 24.1 Å². The van der Waals surface area contributed by atoms with Crippen LogP contribution in [0.1, 0.15) is 80.4 Å². The van der Waals surface area contributed by atoms with Crippen LogP contribution in [0.4, 0.5) is 5.82 Å². The van der Waals surface area contributed by atoms with E-state index in [2.05, 4.69) is 11.1 Å². The Balaban J connectivity index is 1.86. The Kier molecular flexibility index (Phi) is 7.15. The third kappa shape index (κ3) is 5.60. The van der Waals surface area contributed by atoms with Crippen molar-refractivity contribution in [3.63, 3.8) is 0 Å². The Hall–Kier alpha value is -3.93. The lowest BCUT2D eigenvalue weighted by molar-refractivity contribution is -0.155. The van der Waals surface area contributed by atoms with E-state index in [0.717, 1.165) is 11.1 Å². The first-order valence-electron chi connectivity index (χ1n) is 11.5. The third-order valence-corrected chi connectivity index (χ3v) is 5.79. The van der Waals surface area contributed by atoms with Crippen LogP contribution in [0.2, 0.25) is 0 Å². The van der Waals surface area contributed by atoms with Crippen LogP contribution in [0.15, 0.2) is 24.3 Å². The molecule has 2 aromatic rings. The Morgan fingerprint density at radius 2 is 1.94 bits per heavy atom. The number of carbonyl (C=O) groups is 3. The average Bonchev–Trinajstić information content (AvgIpc) is 3.07. The molecule has 1 aliphatic heterocycles. The van der Waals surface area contributed by atoms with Gasteiger partial charge in [0.25, 0.3) is 5.91 Å². The fourth-order valence-corrected chi connectivity index (χ4v) is 4.16. The van der Waals surface area contributed by atoms with Gasteiger partial charge >= 0.3 is 5.97 Å². The van der Waals surface area contributed by atoms with E-state index >= 15 is 0 Å². The molecule has 1 aromatic heterocycles. The second-order valence-corrected chi connectivity index (χ2v) is 9.97. The van der Waals surface area contributed by atoms with Crippen LogP contribution >= 0.6 is 0 Å². The SMILES string of the molecule is CC(C)c1cc(-c2ccc3c(c2)CN([C@@H](CCC(=O)OC(C)(C)C)C(N)=O)C3=O)nc(N)c1C#N. The van der Waals surface area contributed by atoms with Crippen LogP contribution in [0.5, 0.6) is 0 Å². The van der Waals surface area contributed by atoms with Gasteiger partial charge in [0.2, 0.25) is 5.91 Å². The van der Waals surface area contributed by atoms with Gasteiger partial charge in [0.15, 0.2) is 0 Å². The fourth-order valence-electron chi connectivity index (χ4n) is 4.16. The van der Waals surface area contributed by atoms with Gasteiger partial charge in [-0.15, -0.1) is 0 Å². The van der Waals surface area contributed by atoms with E-state index in [1.54, 1.807) is 32.9 Å². The van der Waals surface area contributed by atoms with Crippen molar-refractivity contribution in [3.8, 4) is 17.3 Å². The topological polar surface area (TPSA) is 152 Å². The first kappa shape index (κ1) is 25.7. The fraction of sp³-hybridized carbons (Fsp3) is 0.423. The van der Waals surface area contributed by atoms with Gasteiger partial charge < -0.3 is 21.1 Å². The maximum absolute atomic E-state index is 13.1. The molecule has 0 saturated carbocycles. The smallest absolute Gasteiger partial charge is 0.306 e. The molecule has 1 aromatic carbocycles. The number of amides is 2. The summed E-state index contributed by atoms with van der Waals surface area (Å²) in [6.45, 7) is 9.39. The lowest BCUT2D eigenvalue weighted by atomic mass is 9.95. The van der Waals surface area contributed by atoms with Crippen molar-refractivity contribution in [1.82, 2.24) is 9.88 Å². The summed E-state index contributed by atoms with van der Waals surface area (Å²) in [6, 6.07) is 8.29. The molecule has 1 atom stereocenters. The van der Waals surface area contributed by atoms with E-state index in [9.17, 15) is 19.6 Å². The molecule has 1 aliphatic rings. The summed E-state index contributed by atoms with van der Waals surface area (Å²) < 4.78 is 5.30. The Morgan fingerprint density at radius 1 is 1.26 bits per heavy atom. The van der Waals surface area contributed by atoms with E-state index in [1.807, 2.05) is 26.0 Å². The molecule has 35 heavy (non-hydrogen) atoms. The molecule has 0 radical (unpaired) electrons. The van der Waals surface area contributed by atoms with Gasteiger partial charge in [0.05, 0.1) is 11.3 Å². The molecule has 4 N–H and O–H groups in total. The van der Waals surface area contributed by atoms with Crippen molar-refractivity contribution < 1.29 is 19.1 Å². The standard InChI is InChI=1S/C26H31N5O4/c1-14(2)18-11-20(30-23(28)19(18)12-27)15-6-7-17-16(10-15)13-31(25(17)34)21(24(29)33)8-9-22(32)35-26(3,4)5/h6-7,10-11,14,21H,8-9,13H2,1-5H3,(H2,28,30)(H2,29,33)/t21-/m0/s1. The predicted octanol–water partition coefficient (Wildman–Crippen LogP) is 3.26. The monoisotopic (exact) mass is 477 g/mol. The first-order valence-corrected chi connectivity index (χ1v) is 11.5. The number of carbonyl (C=O) groups excluding carboxylic acids is 3. The second kappa shape index (κ2) is 9.74. The van der Waals surface area contributed by atoms with Crippen molar-refractivity contribution >= 4 is 23.6 Å². The first-order chi connectivity index (χ1) is 16.3. The van der Waals surface area contributed by atoms with Gasteiger partial charge in [-0.25, -0.2) is 4.98 Å². The summed E-state index contributed by atoms with van der Waals surface area (Å²) in [7, 11) is 0. The van der Waals surface area contributed by atoms with Crippen LogP contribution in [-0.2, 0) is 20.9 Å². The average molecular weight is 478 g/mol. The van der Waals surface area contributed by atoms with Crippen molar-refractivity contribution in [3.05, 3.63) is 46.5 Å². The highest BCUT2D eigenvalue weighted by Gasteiger charge is 2.36. The maximum atomic E-state index is 13.1. The van der Waals surface area contributed by atoms with E-state index in [1.165, 1.54) is 4.90 Å². The van der Waals surface area contributed by atoms with Crippen LogP contribution in [0.25, 0.3) is 11.3 Å². The lowest BCUT2D eigenvalue weighted by Gasteiger charge is -2.25. The van der Waals surface area contributed by atoms with Gasteiger partial charge in [-0.3, -0.25) is 14.4 Å². The molecular formula is C26H31N5O4. The molecule has 0 unspecified atom stereocenters. The summed E-state index contributed by atoms with van der Waals surface area (Å²) in [5.74, 6) is -1.24. The molecule has 2 heterocycles. The zero-order valence-electron chi connectivity index (χ0n) is 20.7. The Morgan fingerprint density at radius 3 is 2.51 bits per heavy atom. The van der Waals surface area contributed by atoms with Crippen molar-refractivity contribution in [2.45, 2.75) is 71.6 Å². The van der Waals surface area contributed by atoms with Crippen molar-refractivity contribution in [1.29, 1.82) is 5.26 Å². The normalized spacial score (nSPS) is 14.0. The number of benzene rings is 1.